The van der Waals surface area contributed by atoms with Crippen LogP contribution in [0.4, 0.5) is 4.39 Å². The molecule has 0 spiro atoms. The van der Waals surface area contributed by atoms with Crippen molar-refractivity contribution in [2.75, 3.05) is 26.8 Å². The molecule has 5 nitrogen and oxygen atoms in total. The molecule has 0 aliphatic rings. The van der Waals surface area contributed by atoms with E-state index in [9.17, 15) is 14.0 Å². The minimum absolute atomic E-state index is 0.0835. The Morgan fingerprint density at radius 2 is 1.95 bits per heavy atom. The second kappa shape index (κ2) is 9.03. The van der Waals surface area contributed by atoms with E-state index in [1.54, 1.807) is 18.2 Å². The first kappa shape index (κ1) is 16.1. The van der Waals surface area contributed by atoms with E-state index in [0.29, 0.717) is 25.1 Å². The predicted octanol–water partition coefficient (Wildman–Crippen LogP) is 0.637. The van der Waals surface area contributed by atoms with E-state index >= 15 is 0 Å². The molecule has 0 aromatic heterocycles. The second-order valence-corrected chi connectivity index (χ2v) is 4.21. The minimum Gasteiger partial charge on any atom is -0.383 e. The highest BCUT2D eigenvalue weighted by molar-refractivity contribution is 5.84. The first-order valence-corrected chi connectivity index (χ1v) is 6.39. The molecule has 0 heterocycles. The van der Waals surface area contributed by atoms with Crippen LogP contribution in [0.5, 0.6) is 0 Å². The number of hydrogen-bond donors (Lipinski definition) is 2. The number of aryl methyl sites for hydroxylation is 1. The van der Waals surface area contributed by atoms with Gasteiger partial charge in [0.1, 0.15) is 5.82 Å². The molecule has 2 N–H and O–H groups in total. The lowest BCUT2D eigenvalue weighted by atomic mass is 10.1. The minimum atomic E-state index is -0.322. The highest BCUT2D eigenvalue weighted by Crippen LogP contribution is 2.08. The first-order chi connectivity index (χ1) is 9.63. The van der Waals surface area contributed by atoms with Gasteiger partial charge < -0.3 is 15.4 Å². The lowest BCUT2D eigenvalue weighted by Crippen LogP contribution is -2.38. The second-order valence-electron chi connectivity index (χ2n) is 4.21. The molecule has 0 saturated carbocycles. The maximum atomic E-state index is 13.3. The van der Waals surface area contributed by atoms with Crippen molar-refractivity contribution in [3.8, 4) is 0 Å². The average molecular weight is 282 g/mol. The Hall–Kier alpha value is -1.95. The Kier molecular flexibility index (Phi) is 7.27. The summed E-state index contributed by atoms with van der Waals surface area (Å²) in [6.07, 6.45) is 0.454. The standard InChI is InChI=1S/C14H19FN2O3/c1-20-9-8-16-14(19)10-17-13(18)7-6-11-4-2-3-5-12(11)15/h2-5H,6-10H2,1H3,(H,16,19)(H,17,18). The van der Waals surface area contributed by atoms with Crippen LogP contribution in [-0.4, -0.2) is 38.6 Å². The van der Waals surface area contributed by atoms with Crippen molar-refractivity contribution in [1.82, 2.24) is 10.6 Å². The van der Waals surface area contributed by atoms with Crippen LogP contribution in [0.1, 0.15) is 12.0 Å². The summed E-state index contributed by atoms with van der Waals surface area (Å²) in [6, 6.07) is 6.32. The first-order valence-electron chi connectivity index (χ1n) is 6.39. The largest absolute Gasteiger partial charge is 0.383 e. The summed E-state index contributed by atoms with van der Waals surface area (Å²) in [5.41, 5.74) is 0.493. The molecular weight excluding hydrogens is 263 g/mol. The molecule has 0 unspecified atom stereocenters. The van der Waals surface area contributed by atoms with Gasteiger partial charge >= 0.3 is 0 Å². The van der Waals surface area contributed by atoms with E-state index in [1.807, 2.05) is 0 Å². The SMILES string of the molecule is COCCNC(=O)CNC(=O)CCc1ccccc1F. The van der Waals surface area contributed by atoms with Gasteiger partial charge in [-0.15, -0.1) is 0 Å². The van der Waals surface area contributed by atoms with Gasteiger partial charge in [-0.2, -0.15) is 0 Å². The van der Waals surface area contributed by atoms with Gasteiger partial charge in [-0.3, -0.25) is 9.59 Å². The topological polar surface area (TPSA) is 67.4 Å². The highest BCUT2D eigenvalue weighted by atomic mass is 19.1. The molecule has 1 rings (SSSR count). The zero-order valence-electron chi connectivity index (χ0n) is 11.4. The van der Waals surface area contributed by atoms with Crippen molar-refractivity contribution < 1.29 is 18.7 Å². The molecule has 1 aromatic rings. The molecule has 2 amide bonds. The zero-order valence-corrected chi connectivity index (χ0v) is 11.4. The van der Waals surface area contributed by atoms with Crippen molar-refractivity contribution in [3.05, 3.63) is 35.6 Å². The normalized spacial score (nSPS) is 10.1. The number of carbonyl (C=O) groups excluding carboxylic acids is 2. The van der Waals surface area contributed by atoms with Gasteiger partial charge in [-0.05, 0) is 18.1 Å². The molecule has 0 aliphatic carbocycles. The molecule has 0 saturated heterocycles. The van der Waals surface area contributed by atoms with E-state index in [2.05, 4.69) is 10.6 Å². The Balaban J connectivity index is 2.21. The number of methoxy groups -OCH3 is 1. The Morgan fingerprint density at radius 3 is 2.65 bits per heavy atom. The third-order valence-electron chi connectivity index (χ3n) is 2.65. The summed E-state index contributed by atoms with van der Waals surface area (Å²) < 4.78 is 18.1. The van der Waals surface area contributed by atoms with Crippen LogP contribution >= 0.6 is 0 Å². The zero-order chi connectivity index (χ0) is 14.8. The number of halogens is 1. The van der Waals surface area contributed by atoms with Crippen molar-refractivity contribution in [1.29, 1.82) is 0 Å². The molecule has 0 bridgehead atoms. The van der Waals surface area contributed by atoms with E-state index in [0.717, 1.165) is 0 Å². The van der Waals surface area contributed by atoms with Crippen LogP contribution in [0.15, 0.2) is 24.3 Å². The molecule has 110 valence electrons. The van der Waals surface area contributed by atoms with Gasteiger partial charge in [-0.25, -0.2) is 4.39 Å². The number of carbonyl (C=O) groups is 2. The molecule has 0 fully saturated rings. The van der Waals surface area contributed by atoms with Crippen LogP contribution in [0, 0.1) is 5.82 Å². The molecule has 0 atom stereocenters. The highest BCUT2D eigenvalue weighted by Gasteiger charge is 2.07. The lowest BCUT2D eigenvalue weighted by Gasteiger charge is -2.07. The molecule has 0 aliphatic heterocycles. The van der Waals surface area contributed by atoms with Gasteiger partial charge in [0.15, 0.2) is 0 Å². The number of nitrogens with one attached hydrogen (secondary N) is 2. The number of benzene rings is 1. The van der Waals surface area contributed by atoms with Crippen molar-refractivity contribution in [2.24, 2.45) is 0 Å². The van der Waals surface area contributed by atoms with E-state index in [1.165, 1.54) is 13.2 Å². The maximum absolute atomic E-state index is 13.3. The summed E-state index contributed by atoms with van der Waals surface area (Å²) >= 11 is 0. The van der Waals surface area contributed by atoms with Gasteiger partial charge in [0.05, 0.1) is 13.2 Å². The molecule has 0 radical (unpaired) electrons. The number of hydrogen-bond acceptors (Lipinski definition) is 3. The third-order valence-corrected chi connectivity index (χ3v) is 2.65. The smallest absolute Gasteiger partial charge is 0.239 e. The Labute approximate surface area is 117 Å². The molecule has 6 heteroatoms. The summed E-state index contributed by atoms with van der Waals surface area (Å²) in [5.74, 6) is -0.881. The number of amides is 2. The Bertz CT molecular complexity index is 452. The predicted molar refractivity (Wildman–Crippen MR) is 72.6 cm³/mol. The van der Waals surface area contributed by atoms with Crippen molar-refractivity contribution in [2.45, 2.75) is 12.8 Å². The van der Waals surface area contributed by atoms with Crippen LogP contribution in [-0.2, 0) is 20.7 Å². The van der Waals surface area contributed by atoms with Gasteiger partial charge in [0.25, 0.3) is 0 Å². The van der Waals surface area contributed by atoms with Crippen molar-refractivity contribution in [3.63, 3.8) is 0 Å². The van der Waals surface area contributed by atoms with Crippen LogP contribution in [0.3, 0.4) is 0 Å². The molecular formula is C14H19FN2O3. The van der Waals surface area contributed by atoms with Gasteiger partial charge in [-0.1, -0.05) is 18.2 Å². The Morgan fingerprint density at radius 1 is 1.20 bits per heavy atom. The van der Waals surface area contributed by atoms with Gasteiger partial charge in [0, 0.05) is 20.1 Å². The summed E-state index contributed by atoms with van der Waals surface area (Å²) in [5, 5.41) is 5.07. The third kappa shape index (κ3) is 6.29. The fourth-order valence-electron chi connectivity index (χ4n) is 1.57. The fraction of sp³-hybridized carbons (Fsp3) is 0.429. The summed E-state index contributed by atoms with van der Waals surface area (Å²) in [4.78, 5) is 22.8. The summed E-state index contributed by atoms with van der Waals surface area (Å²) in [6.45, 7) is 0.743. The van der Waals surface area contributed by atoms with Gasteiger partial charge in [0.2, 0.25) is 11.8 Å². The van der Waals surface area contributed by atoms with Crippen LogP contribution < -0.4 is 10.6 Å². The van der Waals surface area contributed by atoms with E-state index < -0.39 is 0 Å². The van der Waals surface area contributed by atoms with E-state index in [-0.39, 0.29) is 30.6 Å². The summed E-state index contributed by atoms with van der Waals surface area (Å²) in [7, 11) is 1.54. The van der Waals surface area contributed by atoms with E-state index in [4.69, 9.17) is 4.74 Å². The number of rotatable bonds is 8. The lowest BCUT2D eigenvalue weighted by molar-refractivity contribution is -0.126. The fourth-order valence-corrected chi connectivity index (χ4v) is 1.57. The maximum Gasteiger partial charge on any atom is 0.239 e. The molecule has 1 aromatic carbocycles. The van der Waals surface area contributed by atoms with Crippen LogP contribution in [0.25, 0.3) is 0 Å². The quantitative estimate of drug-likeness (QED) is 0.688. The average Bonchev–Trinajstić information content (AvgIpc) is 2.44. The molecule has 20 heavy (non-hydrogen) atoms. The van der Waals surface area contributed by atoms with Crippen molar-refractivity contribution >= 4 is 11.8 Å². The van der Waals surface area contributed by atoms with Crippen LogP contribution in [0.2, 0.25) is 0 Å². The monoisotopic (exact) mass is 282 g/mol. The number of ether oxygens (including phenoxy) is 1.